The second kappa shape index (κ2) is 21.0. The van der Waals surface area contributed by atoms with E-state index in [1.54, 1.807) is 60.7 Å². The van der Waals surface area contributed by atoms with Gasteiger partial charge in [0.2, 0.25) is 0 Å². The number of hydrogen-bond acceptors (Lipinski definition) is 6. The molecule has 0 heterocycles. The molecule has 0 fully saturated rings. The van der Waals surface area contributed by atoms with Crippen molar-refractivity contribution in [1.82, 2.24) is 0 Å². The van der Waals surface area contributed by atoms with Gasteiger partial charge in [0.25, 0.3) is 0 Å². The molecular weight excluding hydrogens is 623 g/mol. The summed E-state index contributed by atoms with van der Waals surface area (Å²) in [5.74, 6) is -0.882. The number of aryl methyl sites for hydroxylation is 2. The summed E-state index contributed by atoms with van der Waals surface area (Å²) in [6, 6.07) is 26.6. The molecular formula is C34H30Cl2O6Ti. The first-order chi connectivity index (χ1) is 19.8. The molecule has 6 nitrogen and oxygen atoms in total. The fourth-order valence-corrected chi connectivity index (χ4v) is 3.21. The number of carbonyl (C=O) groups is 4. The minimum absolute atomic E-state index is 0. The largest absolute Gasteiger partial charge is 4.00 e. The Bertz CT molecular complexity index is 1360. The third-order valence-electron chi connectivity index (χ3n) is 5.04. The molecule has 9 heteroatoms. The van der Waals surface area contributed by atoms with Crippen LogP contribution in [0.15, 0.2) is 97.1 Å². The van der Waals surface area contributed by atoms with Gasteiger partial charge in [-0.05, 0) is 51.0 Å². The van der Waals surface area contributed by atoms with E-state index in [1.165, 1.54) is 38.1 Å². The van der Waals surface area contributed by atoms with Gasteiger partial charge in [-0.15, -0.1) is 59.7 Å². The average Bonchev–Trinajstić information content (AvgIpc) is 2.94. The van der Waals surface area contributed by atoms with Crippen LogP contribution in [0.5, 0.6) is 11.5 Å². The molecule has 0 aliphatic carbocycles. The summed E-state index contributed by atoms with van der Waals surface area (Å²) >= 11 is 11.3. The summed E-state index contributed by atoms with van der Waals surface area (Å²) in [5.41, 5.74) is 2.77. The minimum atomic E-state index is -0.233. The van der Waals surface area contributed by atoms with Crippen molar-refractivity contribution < 1.29 is 51.1 Å². The van der Waals surface area contributed by atoms with Crippen molar-refractivity contribution in [2.24, 2.45) is 0 Å². The Labute approximate surface area is 277 Å². The number of carbonyl (C=O) groups excluding carboxylic acids is 4. The Morgan fingerprint density at radius 2 is 0.860 bits per heavy atom. The summed E-state index contributed by atoms with van der Waals surface area (Å²) in [4.78, 5) is 43.5. The van der Waals surface area contributed by atoms with Gasteiger partial charge in [-0.2, -0.15) is 0 Å². The van der Waals surface area contributed by atoms with Gasteiger partial charge < -0.3 is 29.4 Å². The topological polar surface area (TPSA) is 114 Å². The fraction of sp³-hybridized carbons (Fsp3) is 0.118. The number of Topliss-reactive ketones (excluding diaryl/α,β-unsaturated/α-hetero) is 4. The molecule has 0 unspecified atom stereocenters. The Hall–Kier alpha value is -3.81. The Kier molecular flexibility index (Phi) is 19.1. The summed E-state index contributed by atoms with van der Waals surface area (Å²) in [6.45, 7) is 6.34. The maximum absolute atomic E-state index is 11.2. The molecule has 0 bridgehead atoms. The van der Waals surface area contributed by atoms with E-state index in [1.807, 2.05) is 26.0 Å². The maximum Gasteiger partial charge on any atom is 4.00 e. The van der Waals surface area contributed by atoms with Crippen LogP contribution >= 0.6 is 23.2 Å². The molecule has 0 aromatic heterocycles. The summed E-state index contributed by atoms with van der Waals surface area (Å²) in [7, 11) is 0. The van der Waals surface area contributed by atoms with E-state index in [4.69, 9.17) is 23.2 Å². The van der Waals surface area contributed by atoms with Gasteiger partial charge in [0, 0.05) is 21.6 Å². The van der Waals surface area contributed by atoms with Crippen LogP contribution in [0.1, 0.15) is 45.7 Å². The molecule has 0 aliphatic rings. The van der Waals surface area contributed by atoms with Crippen molar-refractivity contribution in [3.63, 3.8) is 0 Å². The van der Waals surface area contributed by atoms with Gasteiger partial charge >= 0.3 is 21.7 Å². The van der Waals surface area contributed by atoms with Crippen molar-refractivity contribution >= 4 is 46.3 Å². The molecule has 4 aromatic carbocycles. The van der Waals surface area contributed by atoms with Gasteiger partial charge in [0.05, 0.1) is 11.6 Å². The van der Waals surface area contributed by atoms with Crippen LogP contribution in [-0.4, -0.2) is 23.1 Å². The summed E-state index contributed by atoms with van der Waals surface area (Å²) < 4.78 is 0. The molecule has 4 aromatic rings. The first kappa shape index (κ1) is 39.2. The molecule has 0 saturated carbocycles. The molecule has 4 rings (SSSR count). The van der Waals surface area contributed by atoms with Crippen molar-refractivity contribution in [2.75, 3.05) is 0 Å². The van der Waals surface area contributed by atoms with E-state index in [2.05, 4.69) is 0 Å². The van der Waals surface area contributed by atoms with Crippen molar-refractivity contribution in [1.29, 1.82) is 0 Å². The van der Waals surface area contributed by atoms with E-state index >= 15 is 0 Å². The van der Waals surface area contributed by atoms with Crippen LogP contribution in [0.25, 0.3) is 0 Å². The number of rotatable bonds is 6. The Morgan fingerprint density at radius 1 is 0.558 bits per heavy atom. The zero-order valence-corrected chi connectivity index (χ0v) is 27.2. The SMILES string of the molecule is CC(=O)[CH-]C(=O)c1ccccc1.CC(=O)[CH-]C(=O)c1ccccc1.Cc1cc([O-])ccc1Cl.Cc1cc([O-])ccc1Cl.[Ti+4]. The first-order valence-electron chi connectivity index (χ1n) is 12.6. The molecule has 0 saturated heterocycles. The van der Waals surface area contributed by atoms with Gasteiger partial charge in [-0.1, -0.05) is 83.9 Å². The molecule has 43 heavy (non-hydrogen) atoms. The van der Waals surface area contributed by atoms with Crippen LogP contribution < -0.4 is 10.2 Å². The Balaban J connectivity index is 0.000000548. The smallest absolute Gasteiger partial charge is 0.872 e. The average molecular weight is 653 g/mol. The van der Waals surface area contributed by atoms with Crippen molar-refractivity contribution in [2.45, 2.75) is 27.7 Å². The predicted molar refractivity (Wildman–Crippen MR) is 163 cm³/mol. The van der Waals surface area contributed by atoms with E-state index in [0.29, 0.717) is 21.2 Å². The fourth-order valence-electron chi connectivity index (χ4n) is 2.98. The van der Waals surface area contributed by atoms with E-state index in [9.17, 15) is 29.4 Å². The number of ketones is 4. The minimum Gasteiger partial charge on any atom is -0.872 e. The van der Waals surface area contributed by atoms with Crippen LogP contribution in [0.3, 0.4) is 0 Å². The first-order valence-corrected chi connectivity index (χ1v) is 13.3. The van der Waals surface area contributed by atoms with Crippen LogP contribution in [0.4, 0.5) is 0 Å². The van der Waals surface area contributed by atoms with Crippen LogP contribution in [-0.2, 0) is 31.3 Å². The Morgan fingerprint density at radius 3 is 1.09 bits per heavy atom. The molecule has 0 N–H and O–H groups in total. The number of hydrogen-bond donors (Lipinski definition) is 0. The molecule has 0 atom stereocenters. The summed E-state index contributed by atoms with van der Waals surface area (Å²) in [6.07, 6.45) is 2.19. The van der Waals surface area contributed by atoms with Crippen LogP contribution in [0, 0.1) is 26.7 Å². The van der Waals surface area contributed by atoms with Crippen molar-refractivity contribution in [3.8, 4) is 11.5 Å². The zero-order chi connectivity index (χ0) is 31.7. The zero-order valence-electron chi connectivity index (χ0n) is 24.1. The molecule has 0 aliphatic heterocycles. The molecule has 0 radical (unpaired) electrons. The van der Waals surface area contributed by atoms with Gasteiger partial charge in [0.15, 0.2) is 0 Å². The quantitative estimate of drug-likeness (QED) is 0.0983. The van der Waals surface area contributed by atoms with E-state index in [-0.39, 0.29) is 56.3 Å². The monoisotopic (exact) mass is 652 g/mol. The second-order valence-electron chi connectivity index (χ2n) is 8.79. The third kappa shape index (κ3) is 17.0. The molecule has 0 spiro atoms. The predicted octanol–water partition coefficient (Wildman–Crippen LogP) is 6.77. The molecule has 0 amide bonds. The van der Waals surface area contributed by atoms with Gasteiger partial charge in [-0.3, -0.25) is 0 Å². The maximum atomic E-state index is 11.2. The number of benzene rings is 4. The third-order valence-corrected chi connectivity index (χ3v) is 5.89. The molecule has 220 valence electrons. The normalized spacial score (nSPS) is 9.07. The van der Waals surface area contributed by atoms with Crippen molar-refractivity contribution in [3.05, 3.63) is 142 Å². The van der Waals surface area contributed by atoms with Gasteiger partial charge in [0.1, 0.15) is 0 Å². The standard InChI is InChI=1S/2C10H9O2.2C7H7ClO.Ti/c2*1-8(11)7-10(12)9-5-3-2-4-6-9;2*1-5-4-6(9)2-3-7(5)8;/h2*2-7H,1H3;2*2-4,9H,1H3;/q2*-1;;;+4/p-2. The van der Waals surface area contributed by atoms with Gasteiger partial charge in [-0.25, -0.2) is 0 Å². The summed E-state index contributed by atoms with van der Waals surface area (Å²) in [5, 5.41) is 22.5. The second-order valence-corrected chi connectivity index (χ2v) is 9.61. The van der Waals surface area contributed by atoms with E-state index < -0.39 is 0 Å². The number of halogens is 2. The van der Waals surface area contributed by atoms with E-state index in [0.717, 1.165) is 24.0 Å². The van der Waals surface area contributed by atoms with Crippen LogP contribution in [0.2, 0.25) is 10.0 Å².